The van der Waals surface area contributed by atoms with Gasteiger partial charge in [-0.15, -0.1) is 6.58 Å². The summed E-state index contributed by atoms with van der Waals surface area (Å²) in [5.74, 6) is 0.220. The summed E-state index contributed by atoms with van der Waals surface area (Å²) >= 11 is 0. The van der Waals surface area contributed by atoms with Crippen molar-refractivity contribution in [1.82, 2.24) is 0 Å². The van der Waals surface area contributed by atoms with Gasteiger partial charge in [-0.25, -0.2) is 0 Å². The molecule has 1 unspecified atom stereocenters. The molecular formula is C18H21N. The minimum Gasteiger partial charge on any atom is -0.398 e. The van der Waals surface area contributed by atoms with Crippen molar-refractivity contribution in [2.24, 2.45) is 0 Å². The number of anilines is 1. The molecule has 0 radical (unpaired) electrons. The quantitative estimate of drug-likeness (QED) is 0.630. The molecule has 0 heterocycles. The van der Waals surface area contributed by atoms with Crippen molar-refractivity contribution in [2.45, 2.75) is 26.7 Å². The van der Waals surface area contributed by atoms with Crippen molar-refractivity contribution in [3.8, 4) is 0 Å². The van der Waals surface area contributed by atoms with Gasteiger partial charge in [0, 0.05) is 11.6 Å². The molecule has 1 atom stereocenters. The Morgan fingerprint density at radius 2 is 1.63 bits per heavy atom. The number of hydrogen-bond donors (Lipinski definition) is 1. The predicted molar refractivity (Wildman–Crippen MR) is 83.5 cm³/mol. The highest BCUT2D eigenvalue weighted by molar-refractivity contribution is 5.56. The molecule has 0 amide bonds. The predicted octanol–water partition coefficient (Wildman–Crippen LogP) is 4.51. The minimum absolute atomic E-state index is 0.220. The second-order valence-corrected chi connectivity index (χ2v) is 5.20. The van der Waals surface area contributed by atoms with Crippen LogP contribution >= 0.6 is 0 Å². The first-order valence-electron chi connectivity index (χ1n) is 6.58. The largest absolute Gasteiger partial charge is 0.398 e. The number of allylic oxidation sites excluding steroid dienone is 1. The first kappa shape index (κ1) is 13.4. The number of benzene rings is 2. The highest BCUT2D eigenvalue weighted by atomic mass is 14.6. The number of hydrogen-bond acceptors (Lipinski definition) is 1. The molecule has 0 aromatic heterocycles. The van der Waals surface area contributed by atoms with E-state index in [0.717, 1.165) is 16.8 Å². The molecule has 0 aliphatic heterocycles. The van der Waals surface area contributed by atoms with E-state index in [1.807, 2.05) is 6.08 Å². The molecule has 0 saturated heterocycles. The fraction of sp³-hybridized carbons (Fsp3) is 0.222. The van der Waals surface area contributed by atoms with Gasteiger partial charge in [-0.1, -0.05) is 48.0 Å². The van der Waals surface area contributed by atoms with Crippen LogP contribution in [0.5, 0.6) is 0 Å². The van der Waals surface area contributed by atoms with Gasteiger partial charge in [0.25, 0.3) is 0 Å². The van der Waals surface area contributed by atoms with E-state index in [0.29, 0.717) is 0 Å². The third kappa shape index (κ3) is 2.70. The zero-order valence-electron chi connectivity index (χ0n) is 11.9. The lowest BCUT2D eigenvalue weighted by Crippen LogP contribution is -2.02. The van der Waals surface area contributed by atoms with Crippen LogP contribution in [0.3, 0.4) is 0 Å². The Bertz CT molecular complexity index is 588. The van der Waals surface area contributed by atoms with Crippen LogP contribution in [0.15, 0.2) is 49.1 Å². The molecule has 0 spiro atoms. The van der Waals surface area contributed by atoms with Gasteiger partial charge in [0.15, 0.2) is 0 Å². The lowest BCUT2D eigenvalue weighted by Gasteiger charge is -2.17. The highest BCUT2D eigenvalue weighted by Gasteiger charge is 2.12. The minimum atomic E-state index is 0.220. The van der Waals surface area contributed by atoms with E-state index in [2.05, 4.69) is 63.7 Å². The van der Waals surface area contributed by atoms with Crippen molar-refractivity contribution in [3.05, 3.63) is 76.9 Å². The van der Waals surface area contributed by atoms with Gasteiger partial charge in [0.2, 0.25) is 0 Å². The van der Waals surface area contributed by atoms with E-state index in [4.69, 9.17) is 5.73 Å². The number of nitrogen functional groups attached to an aromatic ring is 1. The summed E-state index contributed by atoms with van der Waals surface area (Å²) in [4.78, 5) is 0. The second kappa shape index (κ2) is 5.31. The number of aryl methyl sites for hydroxylation is 3. The van der Waals surface area contributed by atoms with Gasteiger partial charge in [-0.05, 0) is 43.0 Å². The standard InChI is InChI=1S/C18H21N/c1-5-17(15-8-6-7-12(2)9-15)16-10-13(3)18(19)14(4)11-16/h5-11,17H,1,19H2,2-4H3. The Hall–Kier alpha value is -2.02. The Labute approximate surface area is 115 Å². The van der Waals surface area contributed by atoms with Gasteiger partial charge in [0.1, 0.15) is 0 Å². The molecule has 0 bridgehead atoms. The van der Waals surface area contributed by atoms with Gasteiger partial charge in [-0.2, -0.15) is 0 Å². The molecule has 98 valence electrons. The summed E-state index contributed by atoms with van der Waals surface area (Å²) in [7, 11) is 0. The van der Waals surface area contributed by atoms with Gasteiger partial charge in [-0.3, -0.25) is 0 Å². The first-order chi connectivity index (χ1) is 9.02. The summed E-state index contributed by atoms with van der Waals surface area (Å²) in [5.41, 5.74) is 13.0. The van der Waals surface area contributed by atoms with Gasteiger partial charge >= 0.3 is 0 Å². The Morgan fingerprint density at radius 1 is 1.00 bits per heavy atom. The van der Waals surface area contributed by atoms with Crippen molar-refractivity contribution in [3.63, 3.8) is 0 Å². The van der Waals surface area contributed by atoms with Gasteiger partial charge in [0.05, 0.1) is 0 Å². The molecule has 1 nitrogen and oxygen atoms in total. The van der Waals surface area contributed by atoms with Crippen LogP contribution < -0.4 is 5.73 Å². The van der Waals surface area contributed by atoms with Gasteiger partial charge < -0.3 is 5.73 Å². The Morgan fingerprint density at radius 3 is 2.16 bits per heavy atom. The fourth-order valence-electron chi connectivity index (χ4n) is 2.52. The number of nitrogens with two attached hydrogens (primary N) is 1. The normalized spacial score (nSPS) is 12.2. The first-order valence-corrected chi connectivity index (χ1v) is 6.58. The second-order valence-electron chi connectivity index (χ2n) is 5.20. The van der Waals surface area contributed by atoms with Crippen LogP contribution in [-0.2, 0) is 0 Å². The maximum atomic E-state index is 6.03. The summed E-state index contributed by atoms with van der Waals surface area (Å²) in [6, 6.07) is 12.9. The van der Waals surface area contributed by atoms with Crippen LogP contribution in [0.2, 0.25) is 0 Å². The summed E-state index contributed by atoms with van der Waals surface area (Å²) in [5, 5.41) is 0. The lowest BCUT2D eigenvalue weighted by atomic mass is 9.88. The molecule has 0 fully saturated rings. The van der Waals surface area contributed by atoms with Crippen molar-refractivity contribution < 1.29 is 0 Å². The zero-order valence-corrected chi connectivity index (χ0v) is 11.9. The maximum Gasteiger partial charge on any atom is 0.0373 e. The summed E-state index contributed by atoms with van der Waals surface area (Å²) in [6.45, 7) is 10.2. The van der Waals surface area contributed by atoms with Crippen molar-refractivity contribution >= 4 is 5.69 Å². The SMILES string of the molecule is C=CC(c1cccc(C)c1)c1cc(C)c(N)c(C)c1. The molecule has 2 aromatic rings. The molecule has 2 rings (SSSR count). The third-order valence-electron chi connectivity index (χ3n) is 3.61. The average Bonchev–Trinajstić information content (AvgIpc) is 2.37. The number of rotatable bonds is 3. The third-order valence-corrected chi connectivity index (χ3v) is 3.61. The lowest BCUT2D eigenvalue weighted by molar-refractivity contribution is 1.02. The molecule has 2 N–H and O–H groups in total. The zero-order chi connectivity index (χ0) is 14.0. The van der Waals surface area contributed by atoms with E-state index in [-0.39, 0.29) is 5.92 Å². The van der Waals surface area contributed by atoms with Crippen LogP contribution in [-0.4, -0.2) is 0 Å². The fourth-order valence-corrected chi connectivity index (χ4v) is 2.52. The molecule has 0 saturated carbocycles. The molecule has 1 heteroatoms. The van der Waals surface area contributed by atoms with Crippen LogP contribution in [0.1, 0.15) is 33.7 Å². The Kier molecular flexibility index (Phi) is 3.75. The van der Waals surface area contributed by atoms with Crippen LogP contribution in [0.25, 0.3) is 0 Å². The topological polar surface area (TPSA) is 26.0 Å². The van der Waals surface area contributed by atoms with E-state index in [9.17, 15) is 0 Å². The maximum absolute atomic E-state index is 6.03. The average molecular weight is 251 g/mol. The molecule has 0 aliphatic carbocycles. The smallest absolute Gasteiger partial charge is 0.0373 e. The monoisotopic (exact) mass is 251 g/mol. The van der Waals surface area contributed by atoms with E-state index in [1.54, 1.807) is 0 Å². The molecule has 19 heavy (non-hydrogen) atoms. The molecule has 0 aliphatic rings. The van der Waals surface area contributed by atoms with Crippen molar-refractivity contribution in [1.29, 1.82) is 0 Å². The molecule has 2 aromatic carbocycles. The Balaban J connectivity index is 2.51. The van der Waals surface area contributed by atoms with Crippen molar-refractivity contribution in [2.75, 3.05) is 5.73 Å². The highest BCUT2D eigenvalue weighted by Crippen LogP contribution is 2.30. The van der Waals surface area contributed by atoms with E-state index < -0.39 is 0 Å². The van der Waals surface area contributed by atoms with Crippen LogP contribution in [0, 0.1) is 20.8 Å². The van der Waals surface area contributed by atoms with E-state index >= 15 is 0 Å². The van der Waals surface area contributed by atoms with Crippen LogP contribution in [0.4, 0.5) is 5.69 Å². The summed E-state index contributed by atoms with van der Waals surface area (Å²) < 4.78 is 0. The van der Waals surface area contributed by atoms with E-state index in [1.165, 1.54) is 16.7 Å². The molecular weight excluding hydrogens is 230 g/mol. The summed E-state index contributed by atoms with van der Waals surface area (Å²) in [6.07, 6.45) is 2.00.